The molecule has 0 unspecified atom stereocenters. The number of likely N-dealkylation sites (tertiary alicyclic amines) is 1. The molecule has 1 aromatic carbocycles. The summed E-state index contributed by atoms with van der Waals surface area (Å²) in [6.07, 6.45) is 4.09. The monoisotopic (exact) mass is 336 g/mol. The summed E-state index contributed by atoms with van der Waals surface area (Å²) in [4.78, 5) is 6.71. The molecule has 0 aliphatic carbocycles. The number of hydrogen-bond donors (Lipinski definition) is 0. The van der Waals surface area contributed by atoms with Gasteiger partial charge in [0.15, 0.2) is 0 Å². The molecule has 3 aromatic rings. The lowest BCUT2D eigenvalue weighted by Gasteiger charge is -2.31. The Morgan fingerprint density at radius 2 is 1.92 bits per heavy atom. The van der Waals surface area contributed by atoms with Crippen LogP contribution in [0.5, 0.6) is 5.88 Å². The van der Waals surface area contributed by atoms with Crippen LogP contribution in [0.15, 0.2) is 53.1 Å². The molecule has 0 N–H and O–H groups in total. The van der Waals surface area contributed by atoms with Gasteiger partial charge in [0, 0.05) is 17.6 Å². The number of benzene rings is 1. The van der Waals surface area contributed by atoms with Crippen LogP contribution >= 0.6 is 0 Å². The van der Waals surface area contributed by atoms with E-state index < -0.39 is 0 Å². The van der Waals surface area contributed by atoms with E-state index in [4.69, 9.17) is 9.15 Å². The second-order valence-electron chi connectivity index (χ2n) is 6.84. The molecule has 4 heteroatoms. The van der Waals surface area contributed by atoms with Gasteiger partial charge in [0.1, 0.15) is 11.3 Å². The first kappa shape index (κ1) is 16.2. The second-order valence-corrected chi connectivity index (χ2v) is 6.84. The van der Waals surface area contributed by atoms with E-state index in [9.17, 15) is 0 Å². The van der Waals surface area contributed by atoms with Gasteiger partial charge < -0.3 is 9.15 Å². The van der Waals surface area contributed by atoms with Crippen molar-refractivity contribution < 1.29 is 9.15 Å². The average molecular weight is 336 g/mol. The van der Waals surface area contributed by atoms with E-state index in [1.165, 1.54) is 10.9 Å². The van der Waals surface area contributed by atoms with E-state index in [1.54, 1.807) is 6.20 Å². The fourth-order valence-corrected chi connectivity index (χ4v) is 3.53. The van der Waals surface area contributed by atoms with Gasteiger partial charge in [0.25, 0.3) is 0 Å². The summed E-state index contributed by atoms with van der Waals surface area (Å²) in [6.45, 7) is 6.00. The number of ether oxygens (including phenoxy) is 1. The number of pyridine rings is 1. The lowest BCUT2D eigenvalue weighted by molar-refractivity contribution is 0.129. The zero-order valence-corrected chi connectivity index (χ0v) is 14.6. The van der Waals surface area contributed by atoms with Crippen LogP contribution in [-0.4, -0.2) is 29.6 Å². The first-order valence-corrected chi connectivity index (χ1v) is 9.03. The van der Waals surface area contributed by atoms with Crippen molar-refractivity contribution in [1.29, 1.82) is 0 Å². The van der Waals surface area contributed by atoms with E-state index in [1.807, 2.05) is 30.3 Å². The quantitative estimate of drug-likeness (QED) is 0.691. The minimum Gasteiger partial charge on any atom is -0.477 e. The molecule has 3 heterocycles. The van der Waals surface area contributed by atoms with Gasteiger partial charge in [-0.05, 0) is 56.5 Å². The van der Waals surface area contributed by atoms with Crippen LogP contribution in [-0.2, 0) is 6.54 Å². The van der Waals surface area contributed by atoms with Crippen LogP contribution in [0.3, 0.4) is 0 Å². The molecule has 0 radical (unpaired) electrons. The molecule has 130 valence electrons. The number of aromatic nitrogens is 1. The molecule has 0 amide bonds. The number of fused-ring (bicyclic) bond motifs is 1. The van der Waals surface area contributed by atoms with E-state index in [2.05, 4.69) is 28.9 Å². The van der Waals surface area contributed by atoms with Crippen molar-refractivity contribution in [3.63, 3.8) is 0 Å². The molecular weight excluding hydrogens is 312 g/mol. The predicted octanol–water partition coefficient (Wildman–Crippen LogP) is 4.43. The molecule has 4 rings (SSSR count). The predicted molar refractivity (Wildman–Crippen MR) is 98.7 cm³/mol. The molecule has 0 spiro atoms. The molecule has 0 bridgehead atoms. The normalized spacial score (nSPS) is 16.4. The molecule has 1 saturated heterocycles. The molecule has 2 aromatic heterocycles. The highest BCUT2D eigenvalue weighted by molar-refractivity contribution is 5.81. The van der Waals surface area contributed by atoms with Crippen molar-refractivity contribution >= 4 is 11.0 Å². The summed E-state index contributed by atoms with van der Waals surface area (Å²) in [5, 5.41) is 1.23. The number of nitrogens with zero attached hydrogens (tertiary/aromatic N) is 2. The smallest absolute Gasteiger partial charge is 0.213 e. The summed E-state index contributed by atoms with van der Waals surface area (Å²) >= 11 is 0. The SMILES string of the molecule is Cc1c(CN2CCC(COc3ccccn3)CC2)oc2ccccc12. The van der Waals surface area contributed by atoms with Crippen LogP contribution in [0.1, 0.15) is 24.2 Å². The van der Waals surface area contributed by atoms with Gasteiger partial charge in [-0.3, -0.25) is 4.90 Å². The number of piperidine rings is 1. The van der Waals surface area contributed by atoms with E-state index in [0.717, 1.165) is 56.3 Å². The zero-order valence-electron chi connectivity index (χ0n) is 14.6. The largest absolute Gasteiger partial charge is 0.477 e. The maximum atomic E-state index is 6.06. The van der Waals surface area contributed by atoms with Crippen molar-refractivity contribution in [3.8, 4) is 5.88 Å². The maximum Gasteiger partial charge on any atom is 0.213 e. The maximum absolute atomic E-state index is 6.06. The number of para-hydroxylation sites is 1. The summed E-state index contributed by atoms with van der Waals surface area (Å²) in [7, 11) is 0. The number of rotatable bonds is 5. The van der Waals surface area contributed by atoms with Crippen LogP contribution in [0, 0.1) is 12.8 Å². The highest BCUT2D eigenvalue weighted by atomic mass is 16.5. The third kappa shape index (κ3) is 3.69. The van der Waals surface area contributed by atoms with Gasteiger partial charge in [-0.15, -0.1) is 0 Å². The van der Waals surface area contributed by atoms with Gasteiger partial charge in [-0.1, -0.05) is 24.3 Å². The van der Waals surface area contributed by atoms with E-state index in [0.29, 0.717) is 5.92 Å². The Morgan fingerprint density at radius 3 is 2.68 bits per heavy atom. The molecule has 25 heavy (non-hydrogen) atoms. The fourth-order valence-electron chi connectivity index (χ4n) is 3.53. The summed E-state index contributed by atoms with van der Waals surface area (Å²) in [5.74, 6) is 2.43. The lowest BCUT2D eigenvalue weighted by Crippen LogP contribution is -2.35. The molecule has 1 aliphatic heterocycles. The lowest BCUT2D eigenvalue weighted by atomic mass is 9.97. The molecule has 4 nitrogen and oxygen atoms in total. The third-order valence-corrected chi connectivity index (χ3v) is 5.12. The highest BCUT2D eigenvalue weighted by Gasteiger charge is 2.22. The Labute approximate surface area is 148 Å². The molecule has 1 fully saturated rings. The Kier molecular flexibility index (Phi) is 4.70. The summed E-state index contributed by atoms with van der Waals surface area (Å²) in [6, 6.07) is 14.1. The number of aryl methyl sites for hydroxylation is 1. The Hall–Kier alpha value is -2.33. The van der Waals surface area contributed by atoms with Crippen LogP contribution in [0.2, 0.25) is 0 Å². The van der Waals surface area contributed by atoms with Crippen LogP contribution in [0.25, 0.3) is 11.0 Å². The van der Waals surface area contributed by atoms with Crippen molar-refractivity contribution in [1.82, 2.24) is 9.88 Å². The van der Waals surface area contributed by atoms with Crippen molar-refractivity contribution in [2.24, 2.45) is 5.92 Å². The van der Waals surface area contributed by atoms with Gasteiger partial charge >= 0.3 is 0 Å². The van der Waals surface area contributed by atoms with Crippen molar-refractivity contribution in [2.45, 2.75) is 26.3 Å². The minimum atomic E-state index is 0.607. The summed E-state index contributed by atoms with van der Waals surface area (Å²) < 4.78 is 11.9. The molecule has 0 saturated carbocycles. The van der Waals surface area contributed by atoms with Crippen molar-refractivity contribution in [2.75, 3.05) is 19.7 Å². The second kappa shape index (κ2) is 7.28. The standard InChI is InChI=1S/C21H24N2O2/c1-16-18-6-2-3-7-19(18)25-20(16)14-23-12-9-17(10-13-23)15-24-21-8-4-5-11-22-21/h2-8,11,17H,9-10,12-15H2,1H3. The number of hydrogen-bond acceptors (Lipinski definition) is 4. The van der Waals surface area contributed by atoms with E-state index >= 15 is 0 Å². The summed E-state index contributed by atoms with van der Waals surface area (Å²) in [5.41, 5.74) is 2.27. The van der Waals surface area contributed by atoms with Crippen LogP contribution < -0.4 is 4.74 Å². The third-order valence-electron chi connectivity index (χ3n) is 5.12. The molecule has 1 aliphatic rings. The first-order valence-electron chi connectivity index (χ1n) is 9.03. The van der Waals surface area contributed by atoms with Gasteiger partial charge in [0.05, 0.1) is 13.2 Å². The van der Waals surface area contributed by atoms with Gasteiger partial charge in [-0.25, -0.2) is 4.98 Å². The average Bonchev–Trinajstić information content (AvgIpc) is 2.98. The number of furan rings is 1. The van der Waals surface area contributed by atoms with Gasteiger partial charge in [-0.2, -0.15) is 0 Å². The minimum absolute atomic E-state index is 0.607. The Morgan fingerprint density at radius 1 is 1.12 bits per heavy atom. The molecule has 0 atom stereocenters. The Balaban J connectivity index is 1.30. The van der Waals surface area contributed by atoms with E-state index in [-0.39, 0.29) is 0 Å². The van der Waals surface area contributed by atoms with Crippen molar-refractivity contribution in [3.05, 3.63) is 60.0 Å². The van der Waals surface area contributed by atoms with Gasteiger partial charge in [0.2, 0.25) is 5.88 Å². The first-order chi connectivity index (χ1) is 12.3. The topological polar surface area (TPSA) is 38.5 Å². The molecular formula is C21H24N2O2. The van der Waals surface area contributed by atoms with Crippen LogP contribution in [0.4, 0.5) is 0 Å². The Bertz CT molecular complexity index is 820. The highest BCUT2D eigenvalue weighted by Crippen LogP contribution is 2.27. The zero-order chi connectivity index (χ0) is 17.1. The fraction of sp³-hybridized carbons (Fsp3) is 0.381.